The van der Waals surface area contributed by atoms with Crippen molar-refractivity contribution in [1.82, 2.24) is 4.90 Å². The Labute approximate surface area is 180 Å². The van der Waals surface area contributed by atoms with Crippen molar-refractivity contribution in [3.05, 3.63) is 70.5 Å². The number of aryl methyl sites for hydroxylation is 1. The first kappa shape index (κ1) is 20.7. The van der Waals surface area contributed by atoms with Crippen molar-refractivity contribution >= 4 is 22.2 Å². The lowest BCUT2D eigenvalue weighted by Crippen LogP contribution is -2.39. The fourth-order valence-electron chi connectivity index (χ4n) is 3.74. The zero-order chi connectivity index (χ0) is 20.9. The normalized spacial score (nSPS) is 15.7. The molecule has 158 valence electrons. The average Bonchev–Trinajstić information content (AvgIpc) is 3.46. The lowest BCUT2D eigenvalue weighted by Gasteiger charge is -2.35. The summed E-state index contributed by atoms with van der Waals surface area (Å²) in [4.78, 5) is 16.3. The molecule has 0 unspecified atom stereocenters. The topological polar surface area (TPSA) is 63.9 Å². The highest BCUT2D eigenvalue weighted by molar-refractivity contribution is 7.16. The van der Waals surface area contributed by atoms with Gasteiger partial charge in [0.1, 0.15) is 10.8 Å². The molecule has 1 aliphatic rings. The molecule has 6 nitrogen and oxygen atoms in total. The van der Waals surface area contributed by atoms with Gasteiger partial charge in [0, 0.05) is 23.5 Å². The smallest absolute Gasteiger partial charge is 0.291 e. The molecule has 0 spiro atoms. The second-order valence-corrected chi connectivity index (χ2v) is 8.25. The number of morpholine rings is 1. The quantitative estimate of drug-likeness (QED) is 0.599. The average molecular weight is 427 g/mol. The van der Waals surface area contributed by atoms with Gasteiger partial charge in [-0.05, 0) is 42.3 Å². The van der Waals surface area contributed by atoms with E-state index in [0.29, 0.717) is 19.0 Å². The van der Waals surface area contributed by atoms with Gasteiger partial charge in [-0.25, -0.2) is 0 Å². The number of amides is 1. The molecule has 1 saturated heterocycles. The fourth-order valence-corrected chi connectivity index (χ4v) is 4.76. The molecule has 2 aromatic heterocycles. The van der Waals surface area contributed by atoms with E-state index in [2.05, 4.69) is 35.3 Å². The molecule has 0 saturated carbocycles. The summed E-state index contributed by atoms with van der Waals surface area (Å²) >= 11 is 1.62. The van der Waals surface area contributed by atoms with Gasteiger partial charge in [0.2, 0.25) is 0 Å². The minimum atomic E-state index is -0.239. The predicted molar refractivity (Wildman–Crippen MR) is 118 cm³/mol. The Morgan fingerprint density at radius 2 is 2.07 bits per heavy atom. The number of furan rings is 1. The minimum absolute atomic E-state index is 0.00699. The summed E-state index contributed by atoms with van der Waals surface area (Å²) in [5, 5.41) is 3.94. The van der Waals surface area contributed by atoms with E-state index >= 15 is 0 Å². The molecule has 1 fully saturated rings. The Morgan fingerprint density at radius 1 is 1.23 bits per heavy atom. The van der Waals surface area contributed by atoms with E-state index in [1.54, 1.807) is 30.6 Å². The van der Waals surface area contributed by atoms with Gasteiger partial charge in [0.25, 0.3) is 5.91 Å². The van der Waals surface area contributed by atoms with E-state index in [9.17, 15) is 4.79 Å². The third kappa shape index (κ3) is 4.43. The Balaban J connectivity index is 1.75. The van der Waals surface area contributed by atoms with Crippen molar-refractivity contribution in [2.24, 2.45) is 0 Å². The van der Waals surface area contributed by atoms with E-state index in [1.165, 1.54) is 11.1 Å². The van der Waals surface area contributed by atoms with Crippen LogP contribution in [-0.4, -0.2) is 44.2 Å². The summed E-state index contributed by atoms with van der Waals surface area (Å²) in [5.74, 6) is 0.881. The fraction of sp³-hybridized carbons (Fsp3) is 0.348. The second kappa shape index (κ2) is 9.47. The highest BCUT2D eigenvalue weighted by Gasteiger charge is 2.29. The van der Waals surface area contributed by atoms with Gasteiger partial charge in [0.05, 0.1) is 32.6 Å². The number of methoxy groups -OCH3 is 1. The van der Waals surface area contributed by atoms with Crippen LogP contribution in [0.5, 0.6) is 5.75 Å². The van der Waals surface area contributed by atoms with Crippen LogP contribution in [-0.2, 0) is 11.2 Å². The number of carbonyl (C=O) groups excluding carboxylic acids is 1. The molecular weight excluding hydrogens is 400 g/mol. The lowest BCUT2D eigenvalue weighted by atomic mass is 9.97. The lowest BCUT2D eigenvalue weighted by molar-refractivity contribution is 0.0241. The van der Waals surface area contributed by atoms with Crippen LogP contribution in [0, 0.1) is 0 Å². The molecule has 1 aliphatic heterocycles. The van der Waals surface area contributed by atoms with Crippen molar-refractivity contribution in [3.63, 3.8) is 0 Å². The molecule has 4 rings (SSSR count). The third-order valence-corrected chi connectivity index (χ3v) is 6.46. The van der Waals surface area contributed by atoms with Gasteiger partial charge in [-0.3, -0.25) is 9.69 Å². The largest absolute Gasteiger partial charge is 0.497 e. The zero-order valence-corrected chi connectivity index (χ0v) is 18.0. The number of nitrogens with zero attached hydrogens (tertiary/aromatic N) is 1. The Bertz CT molecular complexity index is 977. The first-order valence-corrected chi connectivity index (χ1v) is 10.9. The second-order valence-electron chi connectivity index (χ2n) is 7.11. The Morgan fingerprint density at radius 3 is 2.77 bits per heavy atom. The summed E-state index contributed by atoms with van der Waals surface area (Å²) in [6.07, 6.45) is 2.41. The number of hydrogen-bond donors (Lipinski definition) is 1. The molecule has 1 amide bonds. The van der Waals surface area contributed by atoms with E-state index < -0.39 is 0 Å². The van der Waals surface area contributed by atoms with Gasteiger partial charge in [-0.15, -0.1) is 11.3 Å². The molecule has 30 heavy (non-hydrogen) atoms. The Hall–Kier alpha value is -2.61. The summed E-state index contributed by atoms with van der Waals surface area (Å²) in [6.45, 7) is 5.16. The molecule has 3 heterocycles. The van der Waals surface area contributed by atoms with E-state index in [-0.39, 0.29) is 11.9 Å². The summed E-state index contributed by atoms with van der Waals surface area (Å²) in [7, 11) is 1.68. The molecule has 3 aromatic rings. The van der Waals surface area contributed by atoms with Crippen LogP contribution in [0.1, 0.15) is 39.5 Å². The van der Waals surface area contributed by atoms with Crippen molar-refractivity contribution < 1.29 is 18.7 Å². The SMILES string of the molecule is CCc1cc([C@@H](c2cccc(OC)c2)N2CCOCC2)c(NC(=O)c2ccco2)s1. The van der Waals surface area contributed by atoms with Gasteiger partial charge >= 0.3 is 0 Å². The van der Waals surface area contributed by atoms with E-state index in [4.69, 9.17) is 13.9 Å². The number of ether oxygens (including phenoxy) is 2. The maximum Gasteiger partial charge on any atom is 0.291 e. The van der Waals surface area contributed by atoms with Gasteiger partial charge in [-0.2, -0.15) is 0 Å². The number of nitrogens with one attached hydrogen (secondary N) is 1. The standard InChI is InChI=1S/C23H26N2O4S/c1-3-18-15-19(23(30-18)24-22(26)20-8-5-11-29-20)21(25-9-12-28-13-10-25)16-6-4-7-17(14-16)27-2/h4-8,11,14-15,21H,3,9-10,12-13H2,1-2H3,(H,24,26)/t21-/m1/s1. The first-order valence-electron chi connectivity index (χ1n) is 10.1. The number of anilines is 1. The van der Waals surface area contributed by atoms with Crippen molar-refractivity contribution in [1.29, 1.82) is 0 Å². The van der Waals surface area contributed by atoms with Crippen LogP contribution < -0.4 is 10.1 Å². The highest BCUT2D eigenvalue weighted by Crippen LogP contribution is 2.40. The van der Waals surface area contributed by atoms with Gasteiger partial charge < -0.3 is 19.2 Å². The van der Waals surface area contributed by atoms with Gasteiger partial charge in [-0.1, -0.05) is 19.1 Å². The van der Waals surface area contributed by atoms with Gasteiger partial charge in [0.15, 0.2) is 5.76 Å². The molecule has 1 aromatic carbocycles. The molecule has 1 N–H and O–H groups in total. The van der Waals surface area contributed by atoms with Crippen LogP contribution in [0.15, 0.2) is 53.1 Å². The van der Waals surface area contributed by atoms with Crippen molar-refractivity contribution in [3.8, 4) is 5.75 Å². The number of thiophene rings is 1. The van der Waals surface area contributed by atoms with E-state index in [1.807, 2.05) is 12.1 Å². The maximum absolute atomic E-state index is 12.7. The molecule has 7 heteroatoms. The molecule has 0 aliphatic carbocycles. The number of benzene rings is 1. The molecule has 0 radical (unpaired) electrons. The molecule has 1 atom stereocenters. The molecule has 0 bridgehead atoms. The Kier molecular flexibility index (Phi) is 6.52. The third-order valence-electron chi connectivity index (χ3n) is 5.25. The van der Waals surface area contributed by atoms with E-state index in [0.717, 1.165) is 41.4 Å². The number of hydrogen-bond acceptors (Lipinski definition) is 6. The molecular formula is C23H26N2O4S. The number of rotatable bonds is 7. The van der Waals surface area contributed by atoms with Crippen LogP contribution in [0.4, 0.5) is 5.00 Å². The maximum atomic E-state index is 12.7. The zero-order valence-electron chi connectivity index (χ0n) is 17.2. The first-order chi connectivity index (χ1) is 14.7. The van der Waals surface area contributed by atoms with Crippen LogP contribution in [0.3, 0.4) is 0 Å². The minimum Gasteiger partial charge on any atom is -0.497 e. The van der Waals surface area contributed by atoms with Crippen LogP contribution in [0.2, 0.25) is 0 Å². The number of carbonyl (C=O) groups is 1. The monoisotopic (exact) mass is 426 g/mol. The summed E-state index contributed by atoms with van der Waals surface area (Å²) < 4.78 is 16.3. The summed E-state index contributed by atoms with van der Waals surface area (Å²) in [5.41, 5.74) is 2.22. The van der Waals surface area contributed by atoms with Crippen LogP contribution >= 0.6 is 11.3 Å². The predicted octanol–water partition coefficient (Wildman–Crippen LogP) is 4.59. The summed E-state index contributed by atoms with van der Waals surface area (Å²) in [6, 6.07) is 13.7. The van der Waals surface area contributed by atoms with Crippen molar-refractivity contribution in [2.75, 3.05) is 38.7 Å². The van der Waals surface area contributed by atoms with Crippen LogP contribution in [0.25, 0.3) is 0 Å². The highest BCUT2D eigenvalue weighted by atomic mass is 32.1. The van der Waals surface area contributed by atoms with Crippen molar-refractivity contribution in [2.45, 2.75) is 19.4 Å².